The molecule has 1 aliphatic heterocycles. The Kier molecular flexibility index (Phi) is 7.52. The van der Waals surface area contributed by atoms with Crippen molar-refractivity contribution in [3.63, 3.8) is 0 Å². The molecule has 118 valence electrons. The second-order valence-corrected chi connectivity index (χ2v) is 6.21. The first kappa shape index (κ1) is 17.4. The minimum absolute atomic E-state index is 0.0185. The molecule has 0 spiro atoms. The molecule has 1 aliphatic rings. The van der Waals surface area contributed by atoms with Crippen LogP contribution in [0.3, 0.4) is 0 Å². The largest absolute Gasteiger partial charge is 0.375 e. The van der Waals surface area contributed by atoms with Crippen LogP contribution < -0.4 is 10.6 Å². The highest BCUT2D eigenvalue weighted by Gasteiger charge is 2.34. The maximum atomic E-state index is 12.0. The van der Waals surface area contributed by atoms with Crippen LogP contribution in [0.4, 0.5) is 0 Å². The molecule has 0 aromatic carbocycles. The summed E-state index contributed by atoms with van der Waals surface area (Å²) >= 11 is 0. The Hall–Kier alpha value is -0.610. The number of hydrogen-bond donors (Lipinski definition) is 2. The van der Waals surface area contributed by atoms with Gasteiger partial charge in [0.05, 0.1) is 5.60 Å². The van der Waals surface area contributed by atoms with Crippen LogP contribution in [0.5, 0.6) is 0 Å². The van der Waals surface area contributed by atoms with Gasteiger partial charge >= 0.3 is 0 Å². The molecule has 0 aromatic heterocycles. The standard InChI is InChI=1S/C16H32N2O2/c1-5-16(6-2)12-14(9-11-20-16)18-15(19)8-7-10-17-13(3)4/h13-14,17H,5-12H2,1-4H3,(H,18,19). The SMILES string of the molecule is CCC1(CC)CC(NC(=O)CCCNC(C)C)CCO1. The van der Waals surface area contributed by atoms with Crippen molar-refractivity contribution in [1.82, 2.24) is 10.6 Å². The molecule has 1 unspecified atom stereocenters. The number of rotatable bonds is 8. The third-order valence-corrected chi connectivity index (χ3v) is 4.28. The summed E-state index contributed by atoms with van der Waals surface area (Å²) in [5.41, 5.74) is -0.0185. The summed E-state index contributed by atoms with van der Waals surface area (Å²) in [6.45, 7) is 10.3. The van der Waals surface area contributed by atoms with Gasteiger partial charge in [-0.05, 0) is 38.6 Å². The Balaban J connectivity index is 2.27. The quantitative estimate of drug-likeness (QED) is 0.674. The van der Waals surface area contributed by atoms with E-state index in [0.717, 1.165) is 45.3 Å². The van der Waals surface area contributed by atoms with Gasteiger partial charge in [-0.3, -0.25) is 4.79 Å². The highest BCUT2D eigenvalue weighted by atomic mass is 16.5. The lowest BCUT2D eigenvalue weighted by Gasteiger charge is -2.40. The average molecular weight is 284 g/mol. The minimum Gasteiger partial charge on any atom is -0.375 e. The maximum absolute atomic E-state index is 12.0. The van der Waals surface area contributed by atoms with Gasteiger partial charge in [0.1, 0.15) is 0 Å². The maximum Gasteiger partial charge on any atom is 0.220 e. The van der Waals surface area contributed by atoms with E-state index >= 15 is 0 Å². The molecule has 1 heterocycles. The lowest BCUT2D eigenvalue weighted by atomic mass is 9.86. The molecule has 1 amide bonds. The van der Waals surface area contributed by atoms with Crippen molar-refractivity contribution >= 4 is 5.91 Å². The third-order valence-electron chi connectivity index (χ3n) is 4.28. The van der Waals surface area contributed by atoms with Crippen LogP contribution in [0, 0.1) is 0 Å². The van der Waals surface area contributed by atoms with Crippen molar-refractivity contribution in [1.29, 1.82) is 0 Å². The van der Waals surface area contributed by atoms with Gasteiger partial charge in [-0.25, -0.2) is 0 Å². The van der Waals surface area contributed by atoms with E-state index in [-0.39, 0.29) is 17.6 Å². The van der Waals surface area contributed by atoms with Gasteiger partial charge in [0.2, 0.25) is 5.91 Å². The molecular weight excluding hydrogens is 252 g/mol. The number of carbonyl (C=O) groups excluding carboxylic acids is 1. The fourth-order valence-corrected chi connectivity index (χ4v) is 2.83. The van der Waals surface area contributed by atoms with E-state index in [1.165, 1.54) is 0 Å². The zero-order chi connectivity index (χ0) is 15.0. The van der Waals surface area contributed by atoms with E-state index in [2.05, 4.69) is 38.3 Å². The Morgan fingerprint density at radius 2 is 2.05 bits per heavy atom. The van der Waals surface area contributed by atoms with Crippen molar-refractivity contribution in [3.05, 3.63) is 0 Å². The van der Waals surface area contributed by atoms with Crippen LogP contribution in [-0.4, -0.2) is 36.7 Å². The highest BCUT2D eigenvalue weighted by Crippen LogP contribution is 2.31. The summed E-state index contributed by atoms with van der Waals surface area (Å²) in [5, 5.41) is 6.52. The molecule has 20 heavy (non-hydrogen) atoms. The number of carbonyl (C=O) groups is 1. The van der Waals surface area contributed by atoms with Crippen LogP contribution in [0.15, 0.2) is 0 Å². The Morgan fingerprint density at radius 3 is 2.65 bits per heavy atom. The van der Waals surface area contributed by atoms with Crippen molar-refractivity contribution in [2.75, 3.05) is 13.2 Å². The molecule has 4 nitrogen and oxygen atoms in total. The normalized spacial score (nSPS) is 21.9. The van der Waals surface area contributed by atoms with Crippen LogP contribution in [0.1, 0.15) is 66.2 Å². The summed E-state index contributed by atoms with van der Waals surface area (Å²) in [6, 6.07) is 0.775. The molecule has 1 saturated heterocycles. The second-order valence-electron chi connectivity index (χ2n) is 6.21. The smallest absolute Gasteiger partial charge is 0.220 e. The van der Waals surface area contributed by atoms with Gasteiger partial charge in [-0.15, -0.1) is 0 Å². The number of amides is 1. The lowest BCUT2D eigenvalue weighted by molar-refractivity contribution is -0.126. The van der Waals surface area contributed by atoms with Gasteiger partial charge < -0.3 is 15.4 Å². The first-order chi connectivity index (χ1) is 9.51. The van der Waals surface area contributed by atoms with Crippen LogP contribution in [-0.2, 0) is 9.53 Å². The predicted molar refractivity (Wildman–Crippen MR) is 82.8 cm³/mol. The molecule has 1 atom stereocenters. The molecular formula is C16H32N2O2. The second kappa shape index (κ2) is 8.63. The Labute approximate surface area is 124 Å². The molecule has 0 radical (unpaired) electrons. The summed E-state index contributed by atoms with van der Waals surface area (Å²) in [7, 11) is 0. The first-order valence-corrected chi connectivity index (χ1v) is 8.18. The Morgan fingerprint density at radius 1 is 1.35 bits per heavy atom. The van der Waals surface area contributed by atoms with E-state index < -0.39 is 0 Å². The van der Waals surface area contributed by atoms with Crippen molar-refractivity contribution < 1.29 is 9.53 Å². The third kappa shape index (κ3) is 5.80. The number of nitrogens with one attached hydrogen (secondary N) is 2. The van der Waals surface area contributed by atoms with Crippen LogP contribution in [0.25, 0.3) is 0 Å². The van der Waals surface area contributed by atoms with E-state index in [1.54, 1.807) is 0 Å². The highest BCUT2D eigenvalue weighted by molar-refractivity contribution is 5.76. The molecule has 1 rings (SSSR count). The molecule has 4 heteroatoms. The van der Waals surface area contributed by atoms with E-state index in [9.17, 15) is 4.79 Å². The predicted octanol–water partition coefficient (Wildman–Crippen LogP) is 2.62. The number of hydrogen-bond acceptors (Lipinski definition) is 3. The molecule has 0 aromatic rings. The van der Waals surface area contributed by atoms with Gasteiger partial charge in [-0.2, -0.15) is 0 Å². The topological polar surface area (TPSA) is 50.4 Å². The van der Waals surface area contributed by atoms with E-state index in [0.29, 0.717) is 12.5 Å². The van der Waals surface area contributed by atoms with Crippen LogP contribution >= 0.6 is 0 Å². The summed E-state index contributed by atoms with van der Waals surface area (Å²) in [4.78, 5) is 12.0. The Bertz CT molecular complexity index is 288. The van der Waals surface area contributed by atoms with Gasteiger partial charge in [-0.1, -0.05) is 27.7 Å². The van der Waals surface area contributed by atoms with Crippen molar-refractivity contribution in [2.45, 2.75) is 83.9 Å². The molecule has 1 fully saturated rings. The van der Waals surface area contributed by atoms with E-state index in [1.807, 2.05) is 0 Å². The molecule has 0 saturated carbocycles. The molecule has 2 N–H and O–H groups in total. The summed E-state index contributed by atoms with van der Waals surface area (Å²) < 4.78 is 5.94. The van der Waals surface area contributed by atoms with Crippen molar-refractivity contribution in [2.24, 2.45) is 0 Å². The summed E-state index contributed by atoms with van der Waals surface area (Å²) in [5.74, 6) is 0.184. The number of ether oxygens (including phenoxy) is 1. The monoisotopic (exact) mass is 284 g/mol. The fraction of sp³-hybridized carbons (Fsp3) is 0.938. The van der Waals surface area contributed by atoms with Gasteiger partial charge in [0.15, 0.2) is 0 Å². The fourth-order valence-electron chi connectivity index (χ4n) is 2.83. The summed E-state index contributed by atoms with van der Waals surface area (Å²) in [6.07, 6.45) is 5.46. The molecule has 0 bridgehead atoms. The van der Waals surface area contributed by atoms with Gasteiger partial charge in [0, 0.05) is 25.1 Å². The van der Waals surface area contributed by atoms with E-state index in [4.69, 9.17) is 4.74 Å². The lowest BCUT2D eigenvalue weighted by Crippen LogP contribution is -2.48. The first-order valence-electron chi connectivity index (χ1n) is 8.18. The molecule has 0 aliphatic carbocycles. The average Bonchev–Trinajstić information content (AvgIpc) is 2.43. The zero-order valence-electron chi connectivity index (χ0n) is 13.6. The van der Waals surface area contributed by atoms with Gasteiger partial charge in [0.25, 0.3) is 0 Å². The van der Waals surface area contributed by atoms with Crippen LogP contribution in [0.2, 0.25) is 0 Å². The minimum atomic E-state index is -0.0185. The zero-order valence-corrected chi connectivity index (χ0v) is 13.6. The van der Waals surface area contributed by atoms with Crippen molar-refractivity contribution in [3.8, 4) is 0 Å².